The van der Waals surface area contributed by atoms with Crippen LogP contribution in [0.3, 0.4) is 0 Å². The highest BCUT2D eigenvalue weighted by atomic mass is 19.1. The summed E-state index contributed by atoms with van der Waals surface area (Å²) in [6, 6.07) is 11.5. The lowest BCUT2D eigenvalue weighted by atomic mass is 10.0. The standard InChI is InChI=1S/C22H19FN2O4/c1-13-16-4-2-3-5-18(16)28-20(13)21(26)24-10-8-15(9-11-24)25-17-12-14(23)6-7-19(17)29-22(25)27/h2-7,12,15H,8-11H2,1H3. The number of carbonyl (C=O) groups excluding carboxylic acids is 1. The Morgan fingerprint density at radius 1 is 1.07 bits per heavy atom. The lowest BCUT2D eigenvalue weighted by molar-refractivity contribution is 0.0663. The van der Waals surface area contributed by atoms with Gasteiger partial charge in [-0.25, -0.2) is 9.18 Å². The molecular formula is C22H19FN2O4. The number of rotatable bonds is 2. The van der Waals surface area contributed by atoms with Crippen molar-refractivity contribution < 1.29 is 18.0 Å². The predicted octanol–water partition coefficient (Wildman–Crippen LogP) is 4.27. The van der Waals surface area contributed by atoms with Crippen molar-refractivity contribution in [2.24, 2.45) is 0 Å². The fourth-order valence-corrected chi connectivity index (χ4v) is 4.20. The van der Waals surface area contributed by atoms with Crippen LogP contribution >= 0.6 is 0 Å². The number of carbonyl (C=O) groups is 1. The summed E-state index contributed by atoms with van der Waals surface area (Å²) >= 11 is 0. The third-order valence-electron chi connectivity index (χ3n) is 5.73. The topological polar surface area (TPSA) is 68.6 Å². The summed E-state index contributed by atoms with van der Waals surface area (Å²) in [6.07, 6.45) is 1.16. The third kappa shape index (κ3) is 2.85. The predicted molar refractivity (Wildman–Crippen MR) is 106 cm³/mol. The second kappa shape index (κ2) is 6.62. The van der Waals surface area contributed by atoms with Crippen LogP contribution in [0.5, 0.6) is 0 Å². The normalized spacial score (nSPS) is 15.4. The number of likely N-dealkylation sites (tertiary alicyclic amines) is 1. The van der Waals surface area contributed by atoms with Crippen molar-refractivity contribution in [2.75, 3.05) is 13.1 Å². The molecule has 1 saturated heterocycles. The molecule has 2 aromatic heterocycles. The van der Waals surface area contributed by atoms with Crippen LogP contribution in [0.2, 0.25) is 0 Å². The summed E-state index contributed by atoms with van der Waals surface area (Å²) in [5.74, 6) is -0.700. The van der Waals surface area contributed by atoms with Gasteiger partial charge in [0.2, 0.25) is 0 Å². The number of para-hydroxylation sites is 1. The van der Waals surface area contributed by atoms with Crippen molar-refractivity contribution in [2.45, 2.75) is 25.8 Å². The quantitative estimate of drug-likeness (QED) is 0.509. The van der Waals surface area contributed by atoms with Crippen molar-refractivity contribution in [1.82, 2.24) is 9.47 Å². The number of hydrogen-bond donors (Lipinski definition) is 0. The highest BCUT2D eigenvalue weighted by Crippen LogP contribution is 2.30. The smallest absolute Gasteiger partial charge is 0.420 e. The van der Waals surface area contributed by atoms with Crippen molar-refractivity contribution in [3.8, 4) is 0 Å². The number of amides is 1. The molecule has 0 unspecified atom stereocenters. The SMILES string of the molecule is Cc1c(C(=O)N2CCC(n3c(=O)oc4ccc(F)cc43)CC2)oc2ccccc12. The molecule has 1 aliphatic rings. The van der Waals surface area contributed by atoms with Gasteiger partial charge in [0, 0.05) is 36.1 Å². The largest absolute Gasteiger partial charge is 0.451 e. The van der Waals surface area contributed by atoms with E-state index < -0.39 is 11.6 Å². The molecule has 1 aliphatic heterocycles. The molecule has 0 aliphatic carbocycles. The van der Waals surface area contributed by atoms with Gasteiger partial charge in [0.25, 0.3) is 5.91 Å². The van der Waals surface area contributed by atoms with E-state index in [1.165, 1.54) is 22.8 Å². The first-order valence-corrected chi connectivity index (χ1v) is 9.61. The van der Waals surface area contributed by atoms with Crippen LogP contribution in [0.15, 0.2) is 56.1 Å². The molecule has 1 amide bonds. The lowest BCUT2D eigenvalue weighted by Crippen LogP contribution is -2.40. The Hall–Kier alpha value is -3.35. The van der Waals surface area contributed by atoms with E-state index in [-0.39, 0.29) is 11.9 Å². The summed E-state index contributed by atoms with van der Waals surface area (Å²) in [5, 5.41) is 0.934. The van der Waals surface area contributed by atoms with Gasteiger partial charge < -0.3 is 13.7 Å². The number of aromatic nitrogens is 1. The number of piperidine rings is 1. The minimum absolute atomic E-state index is 0.146. The molecule has 5 rings (SSSR count). The van der Waals surface area contributed by atoms with Crippen LogP contribution in [0, 0.1) is 12.7 Å². The molecule has 1 fully saturated rings. The third-order valence-corrected chi connectivity index (χ3v) is 5.73. The molecule has 0 saturated carbocycles. The fourth-order valence-electron chi connectivity index (χ4n) is 4.20. The zero-order valence-corrected chi connectivity index (χ0v) is 15.9. The summed E-state index contributed by atoms with van der Waals surface area (Å²) in [7, 11) is 0. The number of halogens is 1. The highest BCUT2D eigenvalue weighted by molar-refractivity contribution is 5.99. The van der Waals surface area contributed by atoms with Gasteiger partial charge in [-0.1, -0.05) is 18.2 Å². The molecule has 2 aromatic carbocycles. The number of hydrogen-bond acceptors (Lipinski definition) is 4. The number of benzene rings is 2. The minimum atomic E-state index is -0.497. The van der Waals surface area contributed by atoms with Crippen LogP contribution in [-0.2, 0) is 0 Å². The molecule has 0 atom stereocenters. The van der Waals surface area contributed by atoms with Gasteiger partial charge in [-0.3, -0.25) is 9.36 Å². The maximum atomic E-state index is 13.7. The van der Waals surface area contributed by atoms with E-state index in [9.17, 15) is 14.0 Å². The molecule has 4 aromatic rings. The van der Waals surface area contributed by atoms with Crippen LogP contribution in [0.1, 0.15) is 35.0 Å². The maximum absolute atomic E-state index is 13.7. The molecule has 148 valence electrons. The van der Waals surface area contributed by atoms with E-state index >= 15 is 0 Å². The van der Waals surface area contributed by atoms with Gasteiger partial charge in [-0.15, -0.1) is 0 Å². The summed E-state index contributed by atoms with van der Waals surface area (Å²) in [4.78, 5) is 27.1. The summed E-state index contributed by atoms with van der Waals surface area (Å²) in [5.41, 5.74) is 2.35. The summed E-state index contributed by atoms with van der Waals surface area (Å²) in [6.45, 7) is 2.85. The van der Waals surface area contributed by atoms with Crippen molar-refractivity contribution in [3.05, 3.63) is 70.2 Å². The van der Waals surface area contributed by atoms with Crippen molar-refractivity contribution in [3.63, 3.8) is 0 Å². The molecule has 0 N–H and O–H groups in total. The number of aryl methyl sites for hydroxylation is 1. The fraction of sp³-hybridized carbons (Fsp3) is 0.273. The Morgan fingerprint density at radius 3 is 2.59 bits per heavy atom. The minimum Gasteiger partial charge on any atom is -0.451 e. The molecule has 29 heavy (non-hydrogen) atoms. The average Bonchev–Trinajstić information content (AvgIpc) is 3.24. The van der Waals surface area contributed by atoms with Gasteiger partial charge in [-0.05, 0) is 38.0 Å². The number of nitrogens with zero attached hydrogens (tertiary/aromatic N) is 2. The summed E-state index contributed by atoms with van der Waals surface area (Å²) < 4.78 is 26.2. The van der Waals surface area contributed by atoms with Crippen LogP contribution in [-0.4, -0.2) is 28.5 Å². The van der Waals surface area contributed by atoms with Crippen molar-refractivity contribution in [1.29, 1.82) is 0 Å². The van der Waals surface area contributed by atoms with E-state index in [1.807, 2.05) is 31.2 Å². The molecule has 0 bridgehead atoms. The van der Waals surface area contributed by atoms with Gasteiger partial charge in [0.15, 0.2) is 11.3 Å². The number of fused-ring (bicyclic) bond motifs is 2. The van der Waals surface area contributed by atoms with E-state index in [1.54, 1.807) is 4.90 Å². The number of furan rings is 1. The second-order valence-electron chi connectivity index (χ2n) is 7.43. The Labute approximate surface area is 165 Å². The van der Waals surface area contributed by atoms with E-state index in [2.05, 4.69) is 0 Å². The number of oxazole rings is 1. The van der Waals surface area contributed by atoms with Gasteiger partial charge >= 0.3 is 5.76 Å². The molecular weight excluding hydrogens is 375 g/mol. The molecule has 0 radical (unpaired) electrons. The van der Waals surface area contributed by atoms with E-state index in [4.69, 9.17) is 8.83 Å². The van der Waals surface area contributed by atoms with E-state index in [0.29, 0.717) is 48.4 Å². The van der Waals surface area contributed by atoms with Gasteiger partial charge in [-0.2, -0.15) is 0 Å². The maximum Gasteiger partial charge on any atom is 0.420 e. The second-order valence-corrected chi connectivity index (χ2v) is 7.43. The van der Waals surface area contributed by atoms with Crippen LogP contribution in [0.25, 0.3) is 22.1 Å². The Balaban J connectivity index is 1.38. The molecule has 3 heterocycles. The van der Waals surface area contributed by atoms with Crippen molar-refractivity contribution >= 4 is 28.0 Å². The first-order valence-electron chi connectivity index (χ1n) is 9.61. The molecule has 0 spiro atoms. The first kappa shape index (κ1) is 17.7. The molecule has 6 nitrogen and oxygen atoms in total. The van der Waals surface area contributed by atoms with E-state index in [0.717, 1.165) is 10.9 Å². The zero-order valence-electron chi connectivity index (χ0n) is 15.9. The monoisotopic (exact) mass is 394 g/mol. The first-order chi connectivity index (χ1) is 14.0. The average molecular weight is 394 g/mol. The Kier molecular flexibility index (Phi) is 4.04. The lowest BCUT2D eigenvalue weighted by Gasteiger charge is -2.31. The van der Waals surface area contributed by atoms with Gasteiger partial charge in [0.1, 0.15) is 11.4 Å². The Bertz CT molecular complexity index is 1290. The highest BCUT2D eigenvalue weighted by Gasteiger charge is 2.30. The van der Waals surface area contributed by atoms with Crippen LogP contribution in [0.4, 0.5) is 4.39 Å². The Morgan fingerprint density at radius 2 is 1.83 bits per heavy atom. The zero-order chi connectivity index (χ0) is 20.1. The van der Waals surface area contributed by atoms with Crippen LogP contribution < -0.4 is 5.76 Å². The molecule has 7 heteroatoms. The van der Waals surface area contributed by atoms with Gasteiger partial charge in [0.05, 0.1) is 5.52 Å².